The molecule has 13 heteroatoms. The molecule has 0 bridgehead atoms. The number of carbonyl (C=O) groups excluding carboxylic acids is 2. The van der Waals surface area contributed by atoms with Gasteiger partial charge in [0.1, 0.15) is 23.9 Å². The molecule has 0 saturated carbocycles. The van der Waals surface area contributed by atoms with Crippen molar-refractivity contribution in [2.75, 3.05) is 17.3 Å². The zero-order chi connectivity index (χ0) is 29.9. The van der Waals surface area contributed by atoms with Crippen LogP contribution in [-0.2, 0) is 20.9 Å². The molecule has 1 aliphatic heterocycles. The summed E-state index contributed by atoms with van der Waals surface area (Å²) >= 11 is 12.8. The van der Waals surface area contributed by atoms with Crippen molar-refractivity contribution in [2.24, 2.45) is 5.73 Å². The topological polar surface area (TPSA) is 103 Å². The van der Waals surface area contributed by atoms with E-state index in [9.17, 15) is 22.8 Å². The SMILES string of the molecule is CN(C(=O)C(N)C(=O)Oc1ccc(OC(F)(F)F)cc1)c1ccccc1COC1=Cc2cc(Cl)ccc2NC1(C)Cl. The van der Waals surface area contributed by atoms with Crippen LogP contribution in [0.25, 0.3) is 6.08 Å². The maximum Gasteiger partial charge on any atom is 0.573 e. The second-order valence-electron chi connectivity index (χ2n) is 9.10. The zero-order valence-electron chi connectivity index (χ0n) is 21.7. The van der Waals surface area contributed by atoms with E-state index in [2.05, 4.69) is 10.1 Å². The fraction of sp³-hybridized carbons (Fsp3) is 0.214. The van der Waals surface area contributed by atoms with Crippen molar-refractivity contribution in [3.63, 3.8) is 0 Å². The van der Waals surface area contributed by atoms with Crippen LogP contribution >= 0.6 is 23.2 Å². The number of likely N-dealkylation sites (N-methyl/N-ethyl adjacent to an activating group) is 1. The van der Waals surface area contributed by atoms with Gasteiger partial charge in [-0.25, -0.2) is 4.79 Å². The van der Waals surface area contributed by atoms with Crippen LogP contribution < -0.4 is 25.4 Å². The maximum atomic E-state index is 13.1. The Hall–Kier alpha value is -3.93. The zero-order valence-corrected chi connectivity index (χ0v) is 23.2. The van der Waals surface area contributed by atoms with Gasteiger partial charge in [-0.15, -0.1) is 13.2 Å². The molecule has 0 radical (unpaired) electrons. The molecule has 1 aliphatic rings. The summed E-state index contributed by atoms with van der Waals surface area (Å²) in [5.41, 5.74) is 8.46. The number of fused-ring (bicyclic) bond motifs is 1. The lowest BCUT2D eigenvalue weighted by molar-refractivity contribution is -0.274. The first-order valence-corrected chi connectivity index (χ1v) is 12.8. The number of para-hydroxylation sites is 1. The predicted molar refractivity (Wildman–Crippen MR) is 149 cm³/mol. The smallest absolute Gasteiger partial charge is 0.489 e. The lowest BCUT2D eigenvalue weighted by Gasteiger charge is -2.33. The van der Waals surface area contributed by atoms with Crippen LogP contribution in [0.1, 0.15) is 18.1 Å². The Morgan fingerprint density at radius 2 is 1.73 bits per heavy atom. The van der Waals surface area contributed by atoms with Gasteiger partial charge in [0.05, 0.1) is 0 Å². The van der Waals surface area contributed by atoms with E-state index in [-0.39, 0.29) is 12.4 Å². The number of nitrogens with one attached hydrogen (secondary N) is 1. The minimum Gasteiger partial charge on any atom is -0.489 e. The molecule has 8 nitrogen and oxygen atoms in total. The molecule has 0 aromatic heterocycles. The van der Waals surface area contributed by atoms with Crippen LogP contribution in [-0.4, -0.2) is 36.3 Å². The van der Waals surface area contributed by atoms with Gasteiger partial charge in [-0.2, -0.15) is 0 Å². The number of rotatable bonds is 8. The number of esters is 1. The van der Waals surface area contributed by atoms with E-state index < -0.39 is 35.0 Å². The Bertz CT molecular complexity index is 1480. The summed E-state index contributed by atoms with van der Waals surface area (Å²) in [4.78, 5) is 25.8. The van der Waals surface area contributed by atoms with E-state index in [1.165, 1.54) is 11.9 Å². The van der Waals surface area contributed by atoms with Gasteiger partial charge >= 0.3 is 12.3 Å². The highest BCUT2D eigenvalue weighted by Crippen LogP contribution is 2.38. The second-order valence-corrected chi connectivity index (χ2v) is 10.3. The van der Waals surface area contributed by atoms with Crippen molar-refractivity contribution in [3.05, 3.63) is 88.6 Å². The maximum absolute atomic E-state index is 13.1. The summed E-state index contributed by atoms with van der Waals surface area (Å²) in [7, 11) is 1.43. The minimum atomic E-state index is -4.87. The van der Waals surface area contributed by atoms with Crippen molar-refractivity contribution in [1.29, 1.82) is 0 Å². The highest BCUT2D eigenvalue weighted by atomic mass is 35.5. The molecular formula is C28H24Cl2F3N3O5. The molecule has 2 atom stereocenters. The quantitative estimate of drug-likeness (QED) is 0.105. The van der Waals surface area contributed by atoms with E-state index in [4.69, 9.17) is 38.4 Å². The van der Waals surface area contributed by atoms with Crippen LogP contribution in [0.2, 0.25) is 5.02 Å². The number of nitrogens with zero attached hydrogens (tertiary/aromatic N) is 1. The van der Waals surface area contributed by atoms with Crippen molar-refractivity contribution >= 4 is 52.5 Å². The number of amides is 1. The molecule has 3 N–H and O–H groups in total. The largest absolute Gasteiger partial charge is 0.573 e. The van der Waals surface area contributed by atoms with E-state index in [0.717, 1.165) is 35.5 Å². The van der Waals surface area contributed by atoms with Crippen LogP contribution in [0, 0.1) is 0 Å². The molecule has 0 fully saturated rings. The van der Waals surface area contributed by atoms with Crippen molar-refractivity contribution in [3.8, 4) is 11.5 Å². The third-order valence-corrected chi connectivity index (χ3v) is 6.51. The molecule has 216 valence electrons. The number of benzene rings is 3. The number of halogens is 5. The van der Waals surface area contributed by atoms with E-state index in [1.54, 1.807) is 49.4 Å². The first kappa shape index (κ1) is 30.0. The first-order chi connectivity index (χ1) is 19.2. The van der Waals surface area contributed by atoms with Gasteiger partial charge < -0.3 is 30.2 Å². The standard InChI is InChI=1S/C28H24Cl2F3N3O5/c1-27(30)23(14-17-13-18(29)7-12-21(17)35-27)39-15-16-5-3-4-6-22(16)36(2)25(37)24(34)26(38)40-19-8-10-20(11-9-19)41-28(31,32)33/h3-14,24,35H,15,34H2,1-2H3. The molecular weight excluding hydrogens is 586 g/mol. The molecule has 0 aliphatic carbocycles. The van der Waals surface area contributed by atoms with E-state index in [0.29, 0.717) is 22.0 Å². The molecule has 0 saturated heterocycles. The van der Waals surface area contributed by atoms with Gasteiger partial charge in [-0.3, -0.25) is 4.79 Å². The normalized spacial score (nSPS) is 16.9. The first-order valence-electron chi connectivity index (χ1n) is 12.0. The number of anilines is 2. The molecule has 0 spiro atoms. The average Bonchev–Trinajstić information content (AvgIpc) is 2.91. The molecule has 3 aromatic rings. The fourth-order valence-corrected chi connectivity index (χ4v) is 4.36. The fourth-order valence-electron chi connectivity index (χ4n) is 3.97. The van der Waals surface area contributed by atoms with E-state index >= 15 is 0 Å². The Morgan fingerprint density at radius 3 is 2.41 bits per heavy atom. The van der Waals surface area contributed by atoms with Crippen molar-refractivity contribution < 1.29 is 37.0 Å². The predicted octanol–water partition coefficient (Wildman–Crippen LogP) is 6.07. The summed E-state index contributed by atoms with van der Waals surface area (Å²) in [6.45, 7) is 1.76. The third kappa shape index (κ3) is 7.43. The lowest BCUT2D eigenvalue weighted by Crippen LogP contribution is -2.49. The molecule has 3 aromatic carbocycles. The van der Waals surface area contributed by atoms with Gasteiger partial charge in [0.25, 0.3) is 5.91 Å². The Morgan fingerprint density at radius 1 is 1.07 bits per heavy atom. The Kier molecular flexibility index (Phi) is 8.71. The Labute approximate surface area is 243 Å². The molecule has 1 heterocycles. The van der Waals surface area contributed by atoms with Crippen LogP contribution in [0.4, 0.5) is 24.5 Å². The average molecular weight is 610 g/mol. The summed E-state index contributed by atoms with van der Waals surface area (Å²) in [6.07, 6.45) is -3.09. The summed E-state index contributed by atoms with van der Waals surface area (Å²) in [5, 5.41) is 3.74. The monoisotopic (exact) mass is 609 g/mol. The molecule has 4 rings (SSSR count). The number of nitrogens with two attached hydrogens (primary N) is 1. The number of ether oxygens (including phenoxy) is 3. The molecule has 41 heavy (non-hydrogen) atoms. The van der Waals surface area contributed by atoms with Crippen LogP contribution in [0.5, 0.6) is 11.5 Å². The molecule has 1 amide bonds. The van der Waals surface area contributed by atoms with Crippen molar-refractivity contribution in [1.82, 2.24) is 0 Å². The highest BCUT2D eigenvalue weighted by Gasteiger charge is 2.34. The lowest BCUT2D eigenvalue weighted by atomic mass is 10.0. The highest BCUT2D eigenvalue weighted by molar-refractivity contribution is 6.31. The number of hydrogen-bond donors (Lipinski definition) is 2. The van der Waals surface area contributed by atoms with Gasteiger partial charge in [0, 0.05) is 34.6 Å². The van der Waals surface area contributed by atoms with Crippen LogP contribution in [0.3, 0.4) is 0 Å². The van der Waals surface area contributed by atoms with Gasteiger partial charge in [-0.05, 0) is 61.5 Å². The number of carbonyl (C=O) groups is 2. The summed E-state index contributed by atoms with van der Waals surface area (Å²) in [5.74, 6) is -2.09. The van der Waals surface area contributed by atoms with Crippen LogP contribution in [0.15, 0.2) is 72.5 Å². The van der Waals surface area contributed by atoms with Gasteiger partial charge in [-0.1, -0.05) is 41.4 Å². The second kappa shape index (κ2) is 11.9. The minimum absolute atomic E-state index is 0.0194. The Balaban J connectivity index is 1.44. The van der Waals surface area contributed by atoms with E-state index in [1.807, 2.05) is 6.07 Å². The summed E-state index contributed by atoms with van der Waals surface area (Å²) in [6, 6.07) is 14.5. The van der Waals surface area contributed by atoms with Gasteiger partial charge in [0.2, 0.25) is 0 Å². The van der Waals surface area contributed by atoms with Gasteiger partial charge in [0.15, 0.2) is 11.0 Å². The summed E-state index contributed by atoms with van der Waals surface area (Å²) < 4.78 is 51.9. The number of alkyl halides is 4. The van der Waals surface area contributed by atoms with Crippen molar-refractivity contribution in [2.45, 2.75) is 30.9 Å². The molecule has 2 unspecified atom stereocenters. The number of hydrogen-bond acceptors (Lipinski definition) is 7. The third-order valence-electron chi connectivity index (χ3n) is 5.99.